The molecule has 0 amide bonds. The molecule has 1 rings (SSSR count). The SMILES string of the molecule is COC(=O)c1ccc(O)c(/C(C)=N/O)c1. The minimum Gasteiger partial charge on any atom is -0.507 e. The van der Waals surface area contributed by atoms with E-state index in [4.69, 9.17) is 5.21 Å². The van der Waals surface area contributed by atoms with E-state index in [0.717, 1.165) is 0 Å². The van der Waals surface area contributed by atoms with Gasteiger partial charge in [-0.05, 0) is 25.1 Å². The minimum absolute atomic E-state index is 0.0575. The quantitative estimate of drug-likeness (QED) is 0.334. The number of esters is 1. The maximum atomic E-state index is 11.2. The van der Waals surface area contributed by atoms with Crippen molar-refractivity contribution in [2.45, 2.75) is 6.92 Å². The van der Waals surface area contributed by atoms with Crippen molar-refractivity contribution in [2.75, 3.05) is 7.11 Å². The van der Waals surface area contributed by atoms with Crippen LogP contribution in [-0.2, 0) is 4.74 Å². The standard InChI is InChI=1S/C10H11NO4/c1-6(11-14)8-5-7(10(13)15-2)3-4-9(8)12/h3-5,12,14H,1-2H3/b11-6+. The molecule has 0 spiro atoms. The molecule has 0 aliphatic carbocycles. The highest BCUT2D eigenvalue weighted by molar-refractivity contribution is 6.02. The van der Waals surface area contributed by atoms with E-state index in [0.29, 0.717) is 5.56 Å². The van der Waals surface area contributed by atoms with Crippen LogP contribution in [-0.4, -0.2) is 29.1 Å². The van der Waals surface area contributed by atoms with Crippen LogP contribution in [0.25, 0.3) is 0 Å². The van der Waals surface area contributed by atoms with Gasteiger partial charge in [0.1, 0.15) is 5.75 Å². The fourth-order valence-corrected chi connectivity index (χ4v) is 1.12. The Morgan fingerprint density at radius 3 is 2.67 bits per heavy atom. The zero-order valence-electron chi connectivity index (χ0n) is 8.39. The summed E-state index contributed by atoms with van der Waals surface area (Å²) in [6.07, 6.45) is 0. The second-order valence-electron chi connectivity index (χ2n) is 2.91. The van der Waals surface area contributed by atoms with E-state index in [1.165, 1.54) is 32.2 Å². The number of aromatic hydroxyl groups is 1. The number of oxime groups is 1. The average molecular weight is 209 g/mol. The van der Waals surface area contributed by atoms with Gasteiger partial charge in [-0.25, -0.2) is 4.79 Å². The van der Waals surface area contributed by atoms with Crippen LogP contribution in [0, 0.1) is 0 Å². The molecule has 80 valence electrons. The molecule has 0 heterocycles. The van der Waals surface area contributed by atoms with Crippen LogP contribution in [0.4, 0.5) is 0 Å². The molecule has 0 atom stereocenters. The zero-order chi connectivity index (χ0) is 11.4. The molecule has 15 heavy (non-hydrogen) atoms. The topological polar surface area (TPSA) is 79.1 Å². The summed E-state index contributed by atoms with van der Waals surface area (Å²) in [6.45, 7) is 1.51. The van der Waals surface area contributed by atoms with Crippen LogP contribution < -0.4 is 0 Å². The van der Waals surface area contributed by atoms with E-state index >= 15 is 0 Å². The van der Waals surface area contributed by atoms with Crippen molar-refractivity contribution in [1.29, 1.82) is 0 Å². The summed E-state index contributed by atoms with van der Waals surface area (Å²) in [5, 5.41) is 21.0. The fraction of sp³-hybridized carbons (Fsp3) is 0.200. The van der Waals surface area contributed by atoms with Crippen LogP contribution in [0.2, 0.25) is 0 Å². The molecule has 5 heteroatoms. The summed E-state index contributed by atoms with van der Waals surface area (Å²) in [5.41, 5.74) is 0.798. The number of rotatable bonds is 2. The molecule has 1 aromatic carbocycles. The molecule has 2 N–H and O–H groups in total. The smallest absolute Gasteiger partial charge is 0.337 e. The molecule has 0 aliphatic rings. The predicted octanol–water partition coefficient (Wildman–Crippen LogP) is 1.38. The van der Waals surface area contributed by atoms with Gasteiger partial charge in [0.05, 0.1) is 18.4 Å². The molecule has 0 bridgehead atoms. The zero-order valence-corrected chi connectivity index (χ0v) is 8.39. The van der Waals surface area contributed by atoms with Gasteiger partial charge >= 0.3 is 5.97 Å². The van der Waals surface area contributed by atoms with Crippen molar-refractivity contribution in [2.24, 2.45) is 5.16 Å². The number of hydrogen-bond donors (Lipinski definition) is 2. The van der Waals surface area contributed by atoms with Crippen molar-refractivity contribution in [3.63, 3.8) is 0 Å². The number of hydrogen-bond acceptors (Lipinski definition) is 5. The van der Waals surface area contributed by atoms with Gasteiger partial charge in [0.25, 0.3) is 0 Å². The number of phenolic OH excluding ortho intramolecular Hbond substituents is 1. The van der Waals surface area contributed by atoms with Crippen LogP contribution in [0.5, 0.6) is 5.75 Å². The van der Waals surface area contributed by atoms with Crippen LogP contribution in [0.1, 0.15) is 22.8 Å². The number of ether oxygens (including phenoxy) is 1. The molecule has 0 aliphatic heterocycles. The van der Waals surface area contributed by atoms with E-state index in [1.54, 1.807) is 0 Å². The Morgan fingerprint density at radius 2 is 2.13 bits per heavy atom. The Kier molecular flexibility index (Phi) is 3.28. The van der Waals surface area contributed by atoms with Gasteiger partial charge in [0.15, 0.2) is 0 Å². The monoisotopic (exact) mass is 209 g/mol. The van der Waals surface area contributed by atoms with Crippen molar-refractivity contribution in [3.8, 4) is 5.75 Å². The lowest BCUT2D eigenvalue weighted by Gasteiger charge is -2.05. The molecule has 0 saturated carbocycles. The Hall–Kier alpha value is -2.04. The van der Waals surface area contributed by atoms with Gasteiger partial charge in [0, 0.05) is 5.56 Å². The first-order valence-electron chi connectivity index (χ1n) is 4.20. The van der Waals surface area contributed by atoms with Gasteiger partial charge in [-0.1, -0.05) is 5.16 Å². The third-order valence-corrected chi connectivity index (χ3v) is 1.96. The largest absolute Gasteiger partial charge is 0.507 e. The number of carbonyl (C=O) groups excluding carboxylic acids is 1. The van der Waals surface area contributed by atoms with Gasteiger partial charge in [0.2, 0.25) is 0 Å². The lowest BCUT2D eigenvalue weighted by Crippen LogP contribution is -2.04. The highest BCUT2D eigenvalue weighted by Gasteiger charge is 2.11. The lowest BCUT2D eigenvalue weighted by molar-refractivity contribution is 0.0600. The Morgan fingerprint density at radius 1 is 1.47 bits per heavy atom. The summed E-state index contributed by atoms with van der Waals surface area (Å²) in [5.74, 6) is -0.569. The van der Waals surface area contributed by atoms with Crippen molar-refractivity contribution in [1.82, 2.24) is 0 Å². The molecule has 0 aromatic heterocycles. The Labute approximate surface area is 86.6 Å². The first-order valence-corrected chi connectivity index (χ1v) is 4.20. The minimum atomic E-state index is -0.512. The highest BCUT2D eigenvalue weighted by atomic mass is 16.5. The number of nitrogens with zero attached hydrogens (tertiary/aromatic N) is 1. The van der Waals surface area contributed by atoms with E-state index in [9.17, 15) is 9.90 Å². The van der Waals surface area contributed by atoms with Gasteiger partial charge in [-0.3, -0.25) is 0 Å². The van der Waals surface area contributed by atoms with E-state index in [1.807, 2.05) is 0 Å². The summed E-state index contributed by atoms with van der Waals surface area (Å²) in [7, 11) is 1.27. The molecule has 0 fully saturated rings. The first kappa shape index (κ1) is 11.0. The molecule has 5 nitrogen and oxygen atoms in total. The van der Waals surface area contributed by atoms with E-state index in [2.05, 4.69) is 9.89 Å². The lowest BCUT2D eigenvalue weighted by atomic mass is 10.1. The van der Waals surface area contributed by atoms with Crippen molar-refractivity contribution in [3.05, 3.63) is 29.3 Å². The van der Waals surface area contributed by atoms with E-state index < -0.39 is 5.97 Å². The maximum Gasteiger partial charge on any atom is 0.337 e. The van der Waals surface area contributed by atoms with Crippen LogP contribution in [0.15, 0.2) is 23.4 Å². The molecule has 1 aromatic rings. The normalized spacial score (nSPS) is 11.2. The Balaban J connectivity index is 3.22. The summed E-state index contributed by atoms with van der Waals surface area (Å²) >= 11 is 0. The fourth-order valence-electron chi connectivity index (χ4n) is 1.12. The van der Waals surface area contributed by atoms with Crippen LogP contribution in [0.3, 0.4) is 0 Å². The number of methoxy groups -OCH3 is 1. The average Bonchev–Trinajstić information content (AvgIpc) is 2.27. The predicted molar refractivity (Wildman–Crippen MR) is 53.4 cm³/mol. The second-order valence-corrected chi connectivity index (χ2v) is 2.91. The van der Waals surface area contributed by atoms with Gasteiger partial charge < -0.3 is 15.1 Å². The summed E-state index contributed by atoms with van der Waals surface area (Å²) in [6, 6.07) is 4.17. The van der Waals surface area contributed by atoms with E-state index in [-0.39, 0.29) is 17.0 Å². The highest BCUT2D eigenvalue weighted by Crippen LogP contribution is 2.19. The van der Waals surface area contributed by atoms with Gasteiger partial charge in [-0.15, -0.1) is 0 Å². The first-order chi connectivity index (χ1) is 7.10. The second kappa shape index (κ2) is 4.45. The van der Waals surface area contributed by atoms with Crippen molar-refractivity contribution >= 4 is 11.7 Å². The summed E-state index contributed by atoms with van der Waals surface area (Å²) < 4.78 is 4.52. The number of carbonyl (C=O) groups is 1. The molecule has 0 saturated heterocycles. The van der Waals surface area contributed by atoms with Crippen molar-refractivity contribution < 1.29 is 19.8 Å². The number of phenols is 1. The molecule has 0 unspecified atom stereocenters. The number of benzene rings is 1. The molecular formula is C10H11NO4. The molecule has 0 radical (unpaired) electrons. The third-order valence-electron chi connectivity index (χ3n) is 1.96. The maximum absolute atomic E-state index is 11.2. The van der Waals surface area contributed by atoms with Gasteiger partial charge in [-0.2, -0.15) is 0 Å². The summed E-state index contributed by atoms with van der Waals surface area (Å²) in [4.78, 5) is 11.2. The molecular weight excluding hydrogens is 198 g/mol. The third kappa shape index (κ3) is 2.25. The Bertz CT molecular complexity index is 412. The van der Waals surface area contributed by atoms with Crippen LogP contribution >= 0.6 is 0 Å².